The minimum atomic E-state index is -0.719. The zero-order chi connectivity index (χ0) is 14.8. The summed E-state index contributed by atoms with van der Waals surface area (Å²) in [5.74, 6) is -1.16. The van der Waals surface area contributed by atoms with E-state index in [1.807, 2.05) is 0 Å². The number of carbonyl (C=O) groups is 2. The highest BCUT2D eigenvalue weighted by molar-refractivity contribution is 6.10. The molecule has 0 aliphatic rings. The van der Waals surface area contributed by atoms with Gasteiger partial charge in [0.1, 0.15) is 5.56 Å². The summed E-state index contributed by atoms with van der Waals surface area (Å²) >= 11 is 0. The Morgan fingerprint density at radius 1 is 1.18 bits per heavy atom. The van der Waals surface area contributed by atoms with Crippen LogP contribution in [0.25, 0.3) is 5.65 Å². The molecule has 3 rings (SSSR count). The fraction of sp³-hybridized carbons (Fsp3) is 0. The van der Waals surface area contributed by atoms with E-state index in [1.165, 1.54) is 16.9 Å². The number of aromatic nitrogens is 4. The summed E-state index contributed by atoms with van der Waals surface area (Å²) < 4.78 is 1.48. The second kappa shape index (κ2) is 6.19. The lowest BCUT2D eigenvalue weighted by molar-refractivity contribution is 0.0996. The molecule has 3 aromatic rings. The molecule has 0 unspecified atom stereocenters. The first-order valence-corrected chi connectivity index (χ1v) is 6.01. The standard InChI is InChI=1S/C13H10N6O2.ClH/c14-11(20)10-9(3-1-4-15-10)18-13(21)8-7-17-19-6-2-5-16-12(8)19;/h1-7H,(H2,14,20)(H,18,21);1H. The fourth-order valence-electron chi connectivity index (χ4n) is 1.88. The molecule has 0 fully saturated rings. The van der Waals surface area contributed by atoms with Crippen LogP contribution in [-0.2, 0) is 0 Å². The number of rotatable bonds is 3. The predicted octanol–water partition coefficient (Wildman–Crippen LogP) is 0.897. The molecular weight excluding hydrogens is 308 g/mol. The molecule has 0 atom stereocenters. The van der Waals surface area contributed by atoms with Crippen LogP contribution in [0.3, 0.4) is 0 Å². The van der Waals surface area contributed by atoms with Gasteiger partial charge in [0.2, 0.25) is 0 Å². The number of fused-ring (bicyclic) bond motifs is 1. The summed E-state index contributed by atoms with van der Waals surface area (Å²) in [6, 6.07) is 4.84. The van der Waals surface area contributed by atoms with E-state index in [9.17, 15) is 9.59 Å². The monoisotopic (exact) mass is 318 g/mol. The third-order valence-electron chi connectivity index (χ3n) is 2.81. The number of amides is 2. The molecule has 3 aromatic heterocycles. The molecule has 3 N–H and O–H groups in total. The first-order chi connectivity index (χ1) is 10.2. The Morgan fingerprint density at radius 2 is 1.95 bits per heavy atom. The van der Waals surface area contributed by atoms with Gasteiger partial charge in [0, 0.05) is 18.6 Å². The second-order valence-electron chi connectivity index (χ2n) is 4.16. The van der Waals surface area contributed by atoms with E-state index < -0.39 is 11.8 Å². The zero-order valence-corrected chi connectivity index (χ0v) is 11.9. The summed E-state index contributed by atoms with van der Waals surface area (Å²) in [4.78, 5) is 31.5. The van der Waals surface area contributed by atoms with Gasteiger partial charge in [0.15, 0.2) is 11.3 Å². The lowest BCUT2D eigenvalue weighted by Gasteiger charge is -2.06. The summed E-state index contributed by atoms with van der Waals surface area (Å²) in [5, 5.41) is 6.62. The fourth-order valence-corrected chi connectivity index (χ4v) is 1.88. The number of nitrogens with two attached hydrogens (primary N) is 1. The molecule has 9 heteroatoms. The van der Waals surface area contributed by atoms with Crippen LogP contribution in [0.1, 0.15) is 20.8 Å². The van der Waals surface area contributed by atoms with Crippen LogP contribution in [0.5, 0.6) is 0 Å². The molecule has 0 aliphatic heterocycles. The van der Waals surface area contributed by atoms with E-state index in [1.54, 1.807) is 30.6 Å². The average molecular weight is 319 g/mol. The maximum atomic E-state index is 12.3. The molecule has 0 saturated heterocycles. The Kier molecular flexibility index (Phi) is 4.33. The van der Waals surface area contributed by atoms with E-state index in [0.29, 0.717) is 5.65 Å². The highest BCUT2D eigenvalue weighted by Gasteiger charge is 2.17. The van der Waals surface area contributed by atoms with Crippen LogP contribution in [0.15, 0.2) is 43.0 Å². The van der Waals surface area contributed by atoms with Crippen LogP contribution >= 0.6 is 12.4 Å². The highest BCUT2D eigenvalue weighted by Crippen LogP contribution is 2.14. The van der Waals surface area contributed by atoms with Crippen molar-refractivity contribution in [2.75, 3.05) is 5.32 Å². The van der Waals surface area contributed by atoms with Gasteiger partial charge in [0.05, 0.1) is 11.9 Å². The van der Waals surface area contributed by atoms with Gasteiger partial charge in [-0.05, 0) is 18.2 Å². The number of anilines is 1. The molecule has 0 aromatic carbocycles. The molecule has 22 heavy (non-hydrogen) atoms. The third kappa shape index (κ3) is 2.72. The number of nitrogens with zero attached hydrogens (tertiary/aromatic N) is 4. The van der Waals surface area contributed by atoms with Gasteiger partial charge in [-0.2, -0.15) is 5.10 Å². The summed E-state index contributed by atoms with van der Waals surface area (Å²) in [6.07, 6.45) is 6.06. The lowest BCUT2D eigenvalue weighted by Crippen LogP contribution is -2.19. The number of nitrogens with one attached hydrogen (secondary N) is 1. The minimum absolute atomic E-state index is 0. The van der Waals surface area contributed by atoms with Crippen molar-refractivity contribution >= 4 is 35.6 Å². The van der Waals surface area contributed by atoms with E-state index in [0.717, 1.165) is 0 Å². The summed E-state index contributed by atoms with van der Waals surface area (Å²) in [7, 11) is 0. The molecule has 0 radical (unpaired) electrons. The van der Waals surface area contributed by atoms with Crippen molar-refractivity contribution in [2.24, 2.45) is 5.73 Å². The Hall–Kier alpha value is -3.00. The van der Waals surface area contributed by atoms with Gasteiger partial charge in [-0.15, -0.1) is 12.4 Å². The number of pyridine rings is 1. The Bertz CT molecular complexity index is 847. The Labute approximate surface area is 130 Å². The summed E-state index contributed by atoms with van der Waals surface area (Å²) in [6.45, 7) is 0. The van der Waals surface area contributed by atoms with Crippen LogP contribution in [0.4, 0.5) is 5.69 Å². The van der Waals surface area contributed by atoms with E-state index >= 15 is 0 Å². The number of primary amides is 1. The normalized spacial score (nSPS) is 10.0. The van der Waals surface area contributed by atoms with Crippen molar-refractivity contribution in [2.45, 2.75) is 0 Å². The quantitative estimate of drug-likeness (QED) is 0.744. The third-order valence-corrected chi connectivity index (χ3v) is 2.81. The number of carbonyl (C=O) groups excluding carboxylic acids is 2. The van der Waals surface area contributed by atoms with Gasteiger partial charge >= 0.3 is 0 Å². The molecule has 8 nitrogen and oxygen atoms in total. The molecule has 2 amide bonds. The average Bonchev–Trinajstić information content (AvgIpc) is 2.91. The smallest absolute Gasteiger partial charge is 0.269 e. The van der Waals surface area contributed by atoms with E-state index in [4.69, 9.17) is 5.73 Å². The van der Waals surface area contributed by atoms with Gasteiger partial charge in [0.25, 0.3) is 11.8 Å². The van der Waals surface area contributed by atoms with Gasteiger partial charge in [-0.25, -0.2) is 14.5 Å². The van der Waals surface area contributed by atoms with E-state index in [-0.39, 0.29) is 29.4 Å². The van der Waals surface area contributed by atoms with Crippen LogP contribution in [-0.4, -0.2) is 31.4 Å². The summed E-state index contributed by atoms with van der Waals surface area (Å²) in [5.41, 5.74) is 6.16. The SMILES string of the molecule is Cl.NC(=O)c1ncccc1NC(=O)c1cnn2cccnc12. The van der Waals surface area contributed by atoms with Crippen LogP contribution in [0.2, 0.25) is 0 Å². The second-order valence-corrected chi connectivity index (χ2v) is 4.16. The van der Waals surface area contributed by atoms with Gasteiger partial charge in [-0.1, -0.05) is 0 Å². The predicted molar refractivity (Wildman–Crippen MR) is 80.9 cm³/mol. The van der Waals surface area contributed by atoms with Crippen molar-refractivity contribution in [1.29, 1.82) is 0 Å². The number of halogens is 1. The van der Waals surface area contributed by atoms with E-state index in [2.05, 4.69) is 20.4 Å². The molecule has 112 valence electrons. The molecule has 0 spiro atoms. The first kappa shape index (κ1) is 15.4. The largest absolute Gasteiger partial charge is 0.364 e. The molecule has 0 aliphatic carbocycles. The molecule has 0 saturated carbocycles. The van der Waals surface area contributed by atoms with Crippen molar-refractivity contribution in [3.05, 3.63) is 54.2 Å². The van der Waals surface area contributed by atoms with Crippen molar-refractivity contribution in [3.63, 3.8) is 0 Å². The molecular formula is C13H11ClN6O2. The number of hydrogen-bond acceptors (Lipinski definition) is 5. The van der Waals surface area contributed by atoms with Crippen molar-refractivity contribution in [1.82, 2.24) is 19.6 Å². The Balaban J connectivity index is 0.00000176. The van der Waals surface area contributed by atoms with Gasteiger partial charge < -0.3 is 11.1 Å². The maximum Gasteiger partial charge on any atom is 0.269 e. The minimum Gasteiger partial charge on any atom is -0.364 e. The number of hydrogen-bond donors (Lipinski definition) is 2. The maximum absolute atomic E-state index is 12.3. The lowest BCUT2D eigenvalue weighted by atomic mass is 10.2. The molecule has 3 heterocycles. The van der Waals surface area contributed by atoms with Crippen molar-refractivity contribution in [3.8, 4) is 0 Å². The van der Waals surface area contributed by atoms with Crippen LogP contribution in [0, 0.1) is 0 Å². The Morgan fingerprint density at radius 3 is 2.73 bits per heavy atom. The topological polar surface area (TPSA) is 115 Å². The highest BCUT2D eigenvalue weighted by atomic mass is 35.5. The molecule has 0 bridgehead atoms. The van der Waals surface area contributed by atoms with Gasteiger partial charge in [-0.3, -0.25) is 9.59 Å². The first-order valence-electron chi connectivity index (χ1n) is 6.01. The van der Waals surface area contributed by atoms with Crippen LogP contribution < -0.4 is 11.1 Å². The zero-order valence-electron chi connectivity index (χ0n) is 11.1. The van der Waals surface area contributed by atoms with Crippen molar-refractivity contribution < 1.29 is 9.59 Å².